The van der Waals surface area contributed by atoms with Gasteiger partial charge in [0.15, 0.2) is 10.6 Å². The van der Waals surface area contributed by atoms with E-state index in [9.17, 15) is 36.2 Å². The van der Waals surface area contributed by atoms with Gasteiger partial charge in [0.1, 0.15) is 33.1 Å². The Morgan fingerprint density at radius 2 is 0.962 bits per heavy atom. The molecular formula is C40H50CaO10S2. The molecule has 284 valence electrons. The average molecular weight is 795 g/mol. The molecule has 0 bridgehead atoms. The molecule has 0 spiro atoms. The van der Waals surface area contributed by atoms with Crippen LogP contribution in [0.2, 0.25) is 0 Å². The molecule has 4 aromatic carbocycles. The van der Waals surface area contributed by atoms with Gasteiger partial charge in [0.05, 0.1) is 4.90 Å². The Morgan fingerprint density at radius 1 is 0.566 bits per heavy atom. The van der Waals surface area contributed by atoms with Crippen LogP contribution in [0.3, 0.4) is 0 Å². The minimum absolute atomic E-state index is 0. The molecule has 0 aromatic heterocycles. The number of aromatic hydroxyl groups is 1. The quantitative estimate of drug-likeness (QED) is 0.0499. The zero-order valence-corrected chi connectivity index (χ0v) is 34.5. The molecule has 0 radical (unpaired) electrons. The van der Waals surface area contributed by atoms with Crippen LogP contribution in [0.15, 0.2) is 94.7 Å². The predicted molar refractivity (Wildman–Crippen MR) is 205 cm³/mol. The number of unbranched alkanes of at least 4 members (excludes halogenated alkanes) is 10. The van der Waals surface area contributed by atoms with Crippen LogP contribution in [-0.4, -0.2) is 68.8 Å². The van der Waals surface area contributed by atoms with Crippen LogP contribution in [0.1, 0.15) is 102 Å². The summed E-state index contributed by atoms with van der Waals surface area (Å²) in [7, 11) is -9.56. The SMILES string of the molecule is CCCCCCCCc1ccc(Oc2ccccc2)c(S(=O)(=O)O)c1O.CCCCCCCCc1ccc(Oc2ccccc2)c(S(=O)(=O)[O-])c1[O-].[Ca+2]. The van der Waals surface area contributed by atoms with E-state index in [2.05, 4.69) is 13.8 Å². The summed E-state index contributed by atoms with van der Waals surface area (Å²) in [5, 5.41) is 22.9. The minimum atomic E-state index is -4.94. The summed E-state index contributed by atoms with van der Waals surface area (Å²) in [6, 6.07) is 23.1. The van der Waals surface area contributed by atoms with E-state index in [0.29, 0.717) is 35.5 Å². The Kier molecular flexibility index (Phi) is 20.8. The molecule has 0 saturated heterocycles. The first-order valence-electron chi connectivity index (χ1n) is 17.9. The first-order valence-corrected chi connectivity index (χ1v) is 20.8. The molecule has 0 aliphatic heterocycles. The van der Waals surface area contributed by atoms with Crippen molar-refractivity contribution in [3.8, 4) is 34.5 Å². The number of phenols is 1. The van der Waals surface area contributed by atoms with Crippen molar-refractivity contribution in [3.63, 3.8) is 0 Å². The molecule has 0 fully saturated rings. The summed E-state index contributed by atoms with van der Waals surface area (Å²) in [4.78, 5) is -1.38. The molecule has 4 aromatic rings. The van der Waals surface area contributed by atoms with Gasteiger partial charge in [-0.05, 0) is 67.6 Å². The molecular weight excluding hydrogens is 745 g/mol. The van der Waals surface area contributed by atoms with E-state index in [1.54, 1.807) is 72.8 Å². The van der Waals surface area contributed by atoms with Crippen LogP contribution in [0.25, 0.3) is 0 Å². The zero-order valence-electron chi connectivity index (χ0n) is 30.7. The van der Waals surface area contributed by atoms with Gasteiger partial charge >= 0.3 is 47.9 Å². The number of rotatable bonds is 20. The fraction of sp³-hybridized carbons (Fsp3) is 0.400. The van der Waals surface area contributed by atoms with Crippen molar-refractivity contribution in [2.45, 2.75) is 114 Å². The summed E-state index contributed by atoms with van der Waals surface area (Å²) in [6.45, 7) is 4.31. The maximum Gasteiger partial charge on any atom is 2.00 e. The van der Waals surface area contributed by atoms with Crippen LogP contribution in [0.5, 0.6) is 34.5 Å². The molecule has 0 aliphatic carbocycles. The van der Waals surface area contributed by atoms with E-state index in [1.807, 2.05) is 0 Å². The standard InChI is InChI=1S/2C20H26O5S.Ca/c2*1-2-3-4-5-6-8-11-16-14-15-18(20(19(16)21)26(22,23)24)25-17-12-9-7-10-13-17;/h2*7,9-10,12-15,21H,2-6,8,11H2,1H3,(H,22,23,24);/q;;+2/p-2. The van der Waals surface area contributed by atoms with Crippen LogP contribution in [0, 0.1) is 0 Å². The minimum Gasteiger partial charge on any atom is -0.871 e. The van der Waals surface area contributed by atoms with Crippen LogP contribution >= 0.6 is 0 Å². The van der Waals surface area contributed by atoms with E-state index in [-0.39, 0.29) is 49.2 Å². The topological polar surface area (TPSA) is 173 Å². The third-order valence-electron chi connectivity index (χ3n) is 8.39. The van der Waals surface area contributed by atoms with E-state index in [0.717, 1.165) is 51.4 Å². The summed E-state index contributed by atoms with van der Waals surface area (Å²) < 4.78 is 79.0. The van der Waals surface area contributed by atoms with Crippen molar-refractivity contribution in [1.29, 1.82) is 0 Å². The Morgan fingerprint density at radius 3 is 1.40 bits per heavy atom. The normalized spacial score (nSPS) is 11.2. The smallest absolute Gasteiger partial charge is 0.871 e. The first-order chi connectivity index (χ1) is 24.9. The molecule has 0 saturated carbocycles. The van der Waals surface area contributed by atoms with Gasteiger partial charge in [-0.15, -0.1) is 0 Å². The number of hydrogen-bond acceptors (Lipinski definition) is 9. The Bertz CT molecular complexity index is 1750. The third kappa shape index (κ3) is 15.8. The van der Waals surface area contributed by atoms with Crippen LogP contribution < -0.4 is 14.6 Å². The van der Waals surface area contributed by atoms with Gasteiger partial charge in [0.25, 0.3) is 0 Å². The number of phenolic OH excluding ortho intramolecular Hbond substituents is 1. The zero-order chi connectivity index (χ0) is 38.0. The van der Waals surface area contributed by atoms with Crippen molar-refractivity contribution in [2.24, 2.45) is 0 Å². The molecule has 2 N–H and O–H groups in total. The van der Waals surface area contributed by atoms with Gasteiger partial charge in [-0.3, -0.25) is 4.55 Å². The van der Waals surface area contributed by atoms with Crippen LogP contribution in [-0.2, 0) is 33.1 Å². The van der Waals surface area contributed by atoms with Gasteiger partial charge in [0, 0.05) is 0 Å². The average Bonchev–Trinajstić information content (AvgIpc) is 3.09. The molecule has 0 amide bonds. The fourth-order valence-electron chi connectivity index (χ4n) is 5.65. The van der Waals surface area contributed by atoms with Crippen molar-refractivity contribution in [2.75, 3.05) is 0 Å². The van der Waals surface area contributed by atoms with Crippen molar-refractivity contribution in [3.05, 3.63) is 96.1 Å². The monoisotopic (exact) mass is 794 g/mol. The number of ether oxygens (including phenoxy) is 2. The number of para-hydroxylation sites is 2. The Labute approximate surface area is 345 Å². The molecule has 53 heavy (non-hydrogen) atoms. The largest absolute Gasteiger partial charge is 2.00 e. The maximum absolute atomic E-state index is 12.5. The molecule has 0 aliphatic rings. The van der Waals surface area contributed by atoms with Gasteiger partial charge in [-0.1, -0.05) is 138 Å². The Hall–Kier alpha value is -2.84. The van der Waals surface area contributed by atoms with Crippen molar-refractivity contribution in [1.82, 2.24) is 0 Å². The molecule has 13 heteroatoms. The van der Waals surface area contributed by atoms with Gasteiger partial charge in [-0.2, -0.15) is 8.42 Å². The summed E-state index contributed by atoms with van der Waals surface area (Å²) in [5.74, 6) is -0.719. The Balaban J connectivity index is 0.000000360. The second kappa shape index (κ2) is 23.8. The maximum atomic E-state index is 12.5. The second-order valence-electron chi connectivity index (χ2n) is 12.6. The first kappa shape index (κ1) is 46.3. The van der Waals surface area contributed by atoms with Crippen molar-refractivity contribution >= 4 is 58.0 Å². The second-order valence-corrected chi connectivity index (χ2v) is 15.3. The molecule has 0 unspecified atom stereocenters. The molecule has 0 atom stereocenters. The third-order valence-corrected chi connectivity index (χ3v) is 10.2. The van der Waals surface area contributed by atoms with Crippen LogP contribution in [0.4, 0.5) is 0 Å². The molecule has 0 heterocycles. The van der Waals surface area contributed by atoms with Gasteiger partial charge in [0.2, 0.25) is 0 Å². The van der Waals surface area contributed by atoms with Gasteiger partial charge in [-0.25, -0.2) is 8.42 Å². The predicted octanol–water partition coefficient (Wildman–Crippen LogP) is 9.31. The summed E-state index contributed by atoms with van der Waals surface area (Å²) in [6.07, 6.45) is 13.9. The number of aryl methyl sites for hydroxylation is 2. The van der Waals surface area contributed by atoms with E-state index in [1.165, 1.54) is 37.8 Å². The van der Waals surface area contributed by atoms with E-state index < -0.39 is 41.5 Å². The summed E-state index contributed by atoms with van der Waals surface area (Å²) in [5.41, 5.74) is 0.837. The number of hydrogen-bond donors (Lipinski definition) is 2. The molecule has 10 nitrogen and oxygen atoms in total. The van der Waals surface area contributed by atoms with E-state index in [4.69, 9.17) is 9.47 Å². The van der Waals surface area contributed by atoms with E-state index >= 15 is 0 Å². The number of benzene rings is 4. The van der Waals surface area contributed by atoms with Gasteiger partial charge < -0.3 is 24.2 Å². The van der Waals surface area contributed by atoms with Crippen molar-refractivity contribution < 1.29 is 45.6 Å². The summed E-state index contributed by atoms with van der Waals surface area (Å²) >= 11 is 0. The molecule has 4 rings (SSSR count). The fourth-order valence-corrected chi connectivity index (χ4v) is 7.10.